The molecule has 8 aliphatic rings. The third-order valence-electron chi connectivity index (χ3n) is 16.0. The van der Waals surface area contributed by atoms with Gasteiger partial charge in [-0.25, -0.2) is 5.43 Å². The van der Waals surface area contributed by atoms with E-state index in [0.717, 1.165) is 76.1 Å². The number of aliphatic hydroxyl groups is 2. The summed E-state index contributed by atoms with van der Waals surface area (Å²) in [6.45, 7) is 9.90. The molecule has 11 unspecified atom stereocenters. The molecule has 8 rings (SSSR count). The first kappa shape index (κ1) is 43.5. The molecule has 14 nitrogen and oxygen atoms in total. The standard InChI is InChI=1S/C43H76N8O6S/c1-23(2)39(43(55)51-21-29(52)18-35(51)42(54)46-24(3)26-9-11-27(12-10-26)40-25(4)45-22-58-40)37-20-38(50-57-37)56-16-15-44-28-13-14-33-31(17-28)32-19-34(48-49-41(32)47-33)30-7-5-6-8-36(30)53/h23-41,44-45,47-50,52-53H,5-22H2,1-4H3,(H,46,54)/t24-,25?,26?,27?,28+,29+,30?,31?,32?,33?,34?,35-,36?,37?,38?,39+,40?,41?/m0/s1. The second-order valence-electron chi connectivity index (χ2n) is 20.0. The minimum atomic E-state index is -0.728. The predicted octanol–water partition coefficient (Wildman–Crippen LogP) is 2.31. The highest BCUT2D eigenvalue weighted by Gasteiger charge is 2.50. The minimum absolute atomic E-state index is 0.0222. The van der Waals surface area contributed by atoms with E-state index in [0.29, 0.717) is 72.3 Å². The first-order valence-electron chi connectivity index (χ1n) is 23.4. The van der Waals surface area contributed by atoms with Gasteiger partial charge in [-0.1, -0.05) is 26.7 Å². The summed E-state index contributed by atoms with van der Waals surface area (Å²) in [5.74, 6) is 2.94. The van der Waals surface area contributed by atoms with Crippen LogP contribution in [0.15, 0.2) is 0 Å². The summed E-state index contributed by atoms with van der Waals surface area (Å²) >= 11 is 2.05. The first-order chi connectivity index (χ1) is 28.0. The van der Waals surface area contributed by atoms with Crippen LogP contribution in [0.3, 0.4) is 0 Å². The molecule has 5 aliphatic heterocycles. The number of carbonyl (C=O) groups is 2. The van der Waals surface area contributed by atoms with Gasteiger partial charge in [-0.2, -0.15) is 5.48 Å². The van der Waals surface area contributed by atoms with Gasteiger partial charge >= 0.3 is 0 Å². The summed E-state index contributed by atoms with van der Waals surface area (Å²) in [4.78, 5) is 35.7. The molecule has 2 amide bonds. The molecular weight excluding hydrogens is 757 g/mol. The average Bonchev–Trinajstić information content (AvgIpc) is 4.03. The molecule has 5 saturated heterocycles. The highest BCUT2D eigenvalue weighted by molar-refractivity contribution is 8.00. The van der Waals surface area contributed by atoms with Crippen molar-refractivity contribution in [2.24, 2.45) is 41.4 Å². The Balaban J connectivity index is 0.772. The average molecular weight is 833 g/mol. The third kappa shape index (κ3) is 9.75. The van der Waals surface area contributed by atoms with E-state index in [1.54, 1.807) is 4.90 Å². The number of rotatable bonds is 13. The number of amides is 2. The Morgan fingerprint density at radius 1 is 0.914 bits per heavy atom. The minimum Gasteiger partial charge on any atom is -0.393 e. The van der Waals surface area contributed by atoms with E-state index in [2.05, 4.69) is 63.2 Å². The van der Waals surface area contributed by atoms with Crippen molar-refractivity contribution in [1.82, 2.24) is 42.5 Å². The molecule has 0 spiro atoms. The van der Waals surface area contributed by atoms with Crippen LogP contribution in [-0.2, 0) is 19.2 Å². The van der Waals surface area contributed by atoms with Gasteiger partial charge < -0.3 is 35.8 Å². The van der Waals surface area contributed by atoms with Gasteiger partial charge in [-0.05, 0) is 108 Å². The van der Waals surface area contributed by atoms with Crippen LogP contribution in [-0.4, -0.2) is 125 Å². The number of hydrogen-bond acceptors (Lipinski definition) is 13. The van der Waals surface area contributed by atoms with Crippen LogP contribution in [0, 0.1) is 41.4 Å². The van der Waals surface area contributed by atoms with Gasteiger partial charge in [-0.3, -0.25) is 25.2 Å². The topological polar surface area (TPSA) is 181 Å². The number of aliphatic hydroxyl groups excluding tert-OH is 2. The van der Waals surface area contributed by atoms with Crippen LogP contribution in [0.25, 0.3) is 0 Å². The van der Waals surface area contributed by atoms with Crippen molar-refractivity contribution < 1.29 is 29.4 Å². The van der Waals surface area contributed by atoms with Crippen molar-refractivity contribution >= 4 is 23.6 Å². The van der Waals surface area contributed by atoms with Gasteiger partial charge in [0, 0.05) is 73.2 Å². The summed E-state index contributed by atoms with van der Waals surface area (Å²) in [6, 6.07) is 1.21. The fraction of sp³-hybridized carbons (Fsp3) is 0.953. The lowest BCUT2D eigenvalue weighted by molar-refractivity contribution is -0.149. The third-order valence-corrected chi connectivity index (χ3v) is 17.5. The zero-order chi connectivity index (χ0) is 40.5. The van der Waals surface area contributed by atoms with Gasteiger partial charge in [0.15, 0.2) is 0 Å². The fourth-order valence-electron chi connectivity index (χ4n) is 12.7. The molecule has 3 saturated carbocycles. The number of hydroxylamine groups is 1. The molecule has 58 heavy (non-hydrogen) atoms. The first-order valence-corrected chi connectivity index (χ1v) is 24.4. The molecule has 0 aromatic rings. The highest BCUT2D eigenvalue weighted by atomic mass is 32.2. The zero-order valence-corrected chi connectivity index (χ0v) is 36.4. The van der Waals surface area contributed by atoms with Crippen molar-refractivity contribution in [1.29, 1.82) is 0 Å². The maximum atomic E-state index is 14.3. The van der Waals surface area contributed by atoms with Crippen LogP contribution in [0.4, 0.5) is 0 Å². The van der Waals surface area contributed by atoms with E-state index in [1.165, 1.54) is 19.3 Å². The Morgan fingerprint density at radius 2 is 1.72 bits per heavy atom. The van der Waals surface area contributed by atoms with E-state index < -0.39 is 24.2 Å². The fourth-order valence-corrected chi connectivity index (χ4v) is 14.2. The maximum Gasteiger partial charge on any atom is 0.243 e. The molecule has 16 atom stereocenters. The largest absolute Gasteiger partial charge is 0.393 e. The summed E-state index contributed by atoms with van der Waals surface area (Å²) in [7, 11) is 0. The van der Waals surface area contributed by atoms with E-state index in [1.807, 2.05) is 13.8 Å². The summed E-state index contributed by atoms with van der Waals surface area (Å²) in [5, 5.41) is 36.7. The van der Waals surface area contributed by atoms with E-state index in [4.69, 9.17) is 9.57 Å². The van der Waals surface area contributed by atoms with Gasteiger partial charge in [0.25, 0.3) is 0 Å². The van der Waals surface area contributed by atoms with E-state index in [-0.39, 0.29) is 49.1 Å². The smallest absolute Gasteiger partial charge is 0.243 e. The number of ether oxygens (including phenoxy) is 1. The van der Waals surface area contributed by atoms with Crippen molar-refractivity contribution in [3.8, 4) is 0 Å². The van der Waals surface area contributed by atoms with Crippen molar-refractivity contribution in [2.45, 2.75) is 190 Å². The van der Waals surface area contributed by atoms with E-state index in [9.17, 15) is 19.8 Å². The number of nitrogens with one attached hydrogen (secondary N) is 7. The molecule has 0 radical (unpaired) electrons. The van der Waals surface area contributed by atoms with Gasteiger partial charge in [0.05, 0.1) is 37.0 Å². The second kappa shape index (κ2) is 19.5. The molecule has 8 fully saturated rings. The monoisotopic (exact) mass is 833 g/mol. The van der Waals surface area contributed by atoms with Crippen LogP contribution in [0.1, 0.15) is 118 Å². The quantitative estimate of drug-likeness (QED) is 0.124. The van der Waals surface area contributed by atoms with Crippen LogP contribution >= 0.6 is 11.8 Å². The number of hydrogen-bond donors (Lipinski definition) is 9. The summed E-state index contributed by atoms with van der Waals surface area (Å²) in [5.41, 5.74) is 10.2. The molecule has 15 heteroatoms. The Kier molecular flexibility index (Phi) is 14.6. The molecule has 3 aliphatic carbocycles. The van der Waals surface area contributed by atoms with Gasteiger partial charge in [0.2, 0.25) is 11.8 Å². The molecule has 330 valence electrons. The molecule has 5 heterocycles. The highest BCUT2D eigenvalue weighted by Crippen LogP contribution is 2.43. The van der Waals surface area contributed by atoms with Crippen molar-refractivity contribution in [3.05, 3.63) is 0 Å². The summed E-state index contributed by atoms with van der Waals surface area (Å²) in [6.07, 6.45) is 13.0. The van der Waals surface area contributed by atoms with Crippen LogP contribution in [0.2, 0.25) is 0 Å². The summed E-state index contributed by atoms with van der Waals surface area (Å²) < 4.78 is 6.26. The molecule has 9 N–H and O–H groups in total. The van der Waals surface area contributed by atoms with Crippen molar-refractivity contribution in [3.63, 3.8) is 0 Å². The Hall–Kier alpha value is -1.11. The van der Waals surface area contributed by atoms with Crippen LogP contribution < -0.4 is 37.6 Å². The van der Waals surface area contributed by atoms with Gasteiger partial charge in [-0.15, -0.1) is 11.8 Å². The lowest BCUT2D eigenvalue weighted by Crippen LogP contribution is -2.62. The Morgan fingerprint density at radius 3 is 2.48 bits per heavy atom. The molecular formula is C43H76N8O6S. The zero-order valence-electron chi connectivity index (χ0n) is 35.6. The number of fused-ring (bicyclic) bond motifs is 3. The maximum absolute atomic E-state index is 14.3. The second-order valence-corrected chi connectivity index (χ2v) is 21.1. The van der Waals surface area contributed by atoms with Crippen molar-refractivity contribution in [2.75, 3.05) is 25.6 Å². The van der Waals surface area contributed by atoms with Gasteiger partial charge in [0.1, 0.15) is 12.3 Å². The molecule has 0 aromatic heterocycles. The number of nitrogens with zero attached hydrogens (tertiary/aromatic N) is 1. The van der Waals surface area contributed by atoms with E-state index >= 15 is 0 Å². The number of hydrazine groups is 1. The SMILES string of the molecule is CC1NCSC1C1CCC([C@H](C)NC(=O)[C@@H]2C[C@@H](O)CN2C(=O)[C@H](C(C)C)C2CC(OCCN[C@@H]3CCC4NC5NNC(C6CCCCC6O)CC5C4C3)NO2)CC1. The number of likely N-dealkylation sites (tertiary alicyclic amines) is 1. The molecule has 0 bridgehead atoms. The normalized spacial score (nSPS) is 44.2. The molecule has 0 aromatic carbocycles. The number of thioether (sulfide) groups is 1. The Bertz CT molecular complexity index is 1380. The Labute approximate surface area is 351 Å². The number of β-amino-alcohol motifs (C(OH)–C–C–N with tert-alkyl or cyclic N) is 1. The number of carbonyl (C=O) groups excluding carboxylic acids is 2. The predicted molar refractivity (Wildman–Crippen MR) is 225 cm³/mol. The lowest BCUT2D eigenvalue weighted by Gasteiger charge is -2.43. The van der Waals surface area contributed by atoms with Crippen LogP contribution in [0.5, 0.6) is 0 Å². The lowest BCUT2D eigenvalue weighted by atomic mass is 9.71.